The van der Waals surface area contributed by atoms with Gasteiger partial charge in [-0.25, -0.2) is 0 Å². The zero-order valence-corrected chi connectivity index (χ0v) is 10.9. The van der Waals surface area contributed by atoms with E-state index in [1.54, 1.807) is 0 Å². The Morgan fingerprint density at radius 1 is 0.812 bits per heavy atom. The fraction of sp³-hybridized carbons (Fsp3) is 0.688. The minimum Gasteiger partial charge on any atom is -0.107 e. The van der Waals surface area contributed by atoms with Gasteiger partial charge in [-0.15, -0.1) is 23.7 Å². The second kappa shape index (κ2) is 14.1. The SMILES string of the molecule is CC#CCCCCC[CH]CCCC#CCC. The molecule has 0 aromatic rings. The molecule has 0 fully saturated rings. The van der Waals surface area contributed by atoms with Gasteiger partial charge in [0.1, 0.15) is 0 Å². The van der Waals surface area contributed by atoms with Crippen LogP contribution in [0.4, 0.5) is 0 Å². The first kappa shape index (κ1) is 15.1. The molecule has 0 heteroatoms. The van der Waals surface area contributed by atoms with Crippen LogP contribution in [0.5, 0.6) is 0 Å². The minimum absolute atomic E-state index is 0.990. The molecule has 0 heterocycles. The summed E-state index contributed by atoms with van der Waals surface area (Å²) < 4.78 is 0. The van der Waals surface area contributed by atoms with E-state index in [2.05, 4.69) is 37.0 Å². The van der Waals surface area contributed by atoms with Gasteiger partial charge in [0, 0.05) is 19.3 Å². The summed E-state index contributed by atoms with van der Waals surface area (Å²) in [6, 6.07) is 0. The predicted molar refractivity (Wildman–Crippen MR) is 72.8 cm³/mol. The Balaban J connectivity index is 3.00. The van der Waals surface area contributed by atoms with Gasteiger partial charge in [-0.2, -0.15) is 0 Å². The summed E-state index contributed by atoms with van der Waals surface area (Å²) in [6.07, 6.45) is 13.2. The van der Waals surface area contributed by atoms with Gasteiger partial charge in [-0.3, -0.25) is 0 Å². The molecule has 0 aromatic heterocycles. The molecular formula is C16H25. The molecule has 0 saturated heterocycles. The van der Waals surface area contributed by atoms with Crippen molar-refractivity contribution < 1.29 is 0 Å². The zero-order valence-electron chi connectivity index (χ0n) is 10.9. The fourth-order valence-electron chi connectivity index (χ4n) is 1.50. The highest BCUT2D eigenvalue weighted by Gasteiger charge is 1.90. The van der Waals surface area contributed by atoms with Crippen molar-refractivity contribution in [2.75, 3.05) is 0 Å². The Labute approximate surface area is 102 Å². The average Bonchev–Trinajstić information content (AvgIpc) is 2.31. The summed E-state index contributed by atoms with van der Waals surface area (Å²) in [5, 5.41) is 0. The Morgan fingerprint density at radius 2 is 1.56 bits per heavy atom. The van der Waals surface area contributed by atoms with Crippen molar-refractivity contribution in [2.45, 2.75) is 71.6 Å². The Hall–Kier alpha value is -0.880. The van der Waals surface area contributed by atoms with E-state index in [0.29, 0.717) is 0 Å². The standard InChI is InChI=1S/C16H25/c1-3-5-7-9-11-13-15-16-14-12-10-8-6-4-2/h15H,3,8-14,16H2,1-2H3. The van der Waals surface area contributed by atoms with Gasteiger partial charge in [0.25, 0.3) is 0 Å². The van der Waals surface area contributed by atoms with E-state index in [1.807, 2.05) is 6.92 Å². The van der Waals surface area contributed by atoms with Crippen molar-refractivity contribution in [1.82, 2.24) is 0 Å². The first-order chi connectivity index (χ1) is 7.91. The molecular weight excluding hydrogens is 192 g/mol. The molecule has 0 spiro atoms. The van der Waals surface area contributed by atoms with Crippen molar-refractivity contribution in [3.8, 4) is 23.7 Å². The molecule has 0 nitrogen and oxygen atoms in total. The number of hydrogen-bond donors (Lipinski definition) is 0. The van der Waals surface area contributed by atoms with Crippen molar-refractivity contribution in [3.63, 3.8) is 0 Å². The van der Waals surface area contributed by atoms with Crippen LogP contribution in [0.25, 0.3) is 0 Å². The predicted octanol–water partition coefficient (Wildman–Crippen LogP) is 4.75. The van der Waals surface area contributed by atoms with Crippen LogP contribution in [0.15, 0.2) is 0 Å². The smallest absolute Gasteiger partial charge is 0.00887 e. The van der Waals surface area contributed by atoms with Gasteiger partial charge in [-0.05, 0) is 32.6 Å². The fourth-order valence-corrected chi connectivity index (χ4v) is 1.50. The molecule has 1 radical (unpaired) electrons. The molecule has 0 aliphatic carbocycles. The molecule has 0 atom stereocenters. The molecule has 0 unspecified atom stereocenters. The molecule has 0 saturated carbocycles. The first-order valence-corrected chi connectivity index (χ1v) is 6.58. The lowest BCUT2D eigenvalue weighted by atomic mass is 10.1. The summed E-state index contributed by atoms with van der Waals surface area (Å²) in [6.45, 7) is 4.01. The molecule has 0 aliphatic rings. The second-order valence-corrected chi connectivity index (χ2v) is 3.91. The van der Waals surface area contributed by atoms with E-state index in [1.165, 1.54) is 38.5 Å². The third kappa shape index (κ3) is 13.1. The molecule has 0 N–H and O–H groups in total. The zero-order chi connectivity index (χ0) is 11.9. The highest BCUT2D eigenvalue weighted by atomic mass is 14.0. The largest absolute Gasteiger partial charge is 0.107 e. The van der Waals surface area contributed by atoms with E-state index in [-0.39, 0.29) is 0 Å². The first-order valence-electron chi connectivity index (χ1n) is 6.58. The van der Waals surface area contributed by atoms with Crippen LogP contribution in [0.3, 0.4) is 0 Å². The van der Waals surface area contributed by atoms with E-state index in [4.69, 9.17) is 0 Å². The highest BCUT2D eigenvalue weighted by molar-refractivity contribution is 4.97. The summed E-state index contributed by atoms with van der Waals surface area (Å²) in [7, 11) is 0. The van der Waals surface area contributed by atoms with Gasteiger partial charge >= 0.3 is 0 Å². The maximum absolute atomic E-state index is 3.18. The summed E-state index contributed by atoms with van der Waals surface area (Å²) in [5.41, 5.74) is 0. The molecule has 0 aliphatic heterocycles. The summed E-state index contributed by atoms with van der Waals surface area (Å²) in [5.74, 6) is 12.3. The van der Waals surface area contributed by atoms with Crippen LogP contribution >= 0.6 is 0 Å². The molecule has 16 heavy (non-hydrogen) atoms. The molecule has 0 amide bonds. The average molecular weight is 217 g/mol. The topological polar surface area (TPSA) is 0 Å². The maximum Gasteiger partial charge on any atom is 0.00887 e. The number of rotatable bonds is 8. The van der Waals surface area contributed by atoms with Crippen LogP contribution in [0, 0.1) is 30.1 Å². The van der Waals surface area contributed by atoms with E-state index < -0.39 is 0 Å². The van der Waals surface area contributed by atoms with Crippen LogP contribution < -0.4 is 0 Å². The Bertz CT molecular complexity index is 241. The van der Waals surface area contributed by atoms with E-state index in [0.717, 1.165) is 19.3 Å². The summed E-state index contributed by atoms with van der Waals surface area (Å²) in [4.78, 5) is 0. The Kier molecular flexibility index (Phi) is 13.3. The van der Waals surface area contributed by atoms with Crippen LogP contribution in [0.2, 0.25) is 0 Å². The highest BCUT2D eigenvalue weighted by Crippen LogP contribution is 2.08. The normalized spacial score (nSPS) is 8.88. The van der Waals surface area contributed by atoms with Crippen LogP contribution in [0.1, 0.15) is 71.6 Å². The molecule has 0 rings (SSSR count). The Morgan fingerprint density at radius 3 is 2.31 bits per heavy atom. The monoisotopic (exact) mass is 217 g/mol. The van der Waals surface area contributed by atoms with Crippen LogP contribution in [-0.4, -0.2) is 0 Å². The van der Waals surface area contributed by atoms with Gasteiger partial charge in [0.05, 0.1) is 0 Å². The lowest BCUT2D eigenvalue weighted by Crippen LogP contribution is -1.81. The van der Waals surface area contributed by atoms with Gasteiger partial charge in [0.2, 0.25) is 0 Å². The van der Waals surface area contributed by atoms with Gasteiger partial charge in [-0.1, -0.05) is 26.2 Å². The quantitative estimate of drug-likeness (QED) is 0.406. The summed E-state index contributed by atoms with van der Waals surface area (Å²) >= 11 is 0. The lowest BCUT2D eigenvalue weighted by Gasteiger charge is -1.98. The lowest BCUT2D eigenvalue weighted by molar-refractivity contribution is 0.665. The van der Waals surface area contributed by atoms with Gasteiger partial charge < -0.3 is 0 Å². The van der Waals surface area contributed by atoms with Crippen molar-refractivity contribution in [1.29, 1.82) is 0 Å². The second-order valence-electron chi connectivity index (χ2n) is 3.91. The number of unbranched alkanes of at least 4 members (excludes halogenated alkanes) is 8. The third-order valence-electron chi connectivity index (χ3n) is 2.40. The molecule has 0 aromatic carbocycles. The minimum atomic E-state index is 0.990. The van der Waals surface area contributed by atoms with Crippen molar-refractivity contribution in [2.24, 2.45) is 0 Å². The van der Waals surface area contributed by atoms with Crippen molar-refractivity contribution >= 4 is 0 Å². The van der Waals surface area contributed by atoms with Crippen LogP contribution in [-0.2, 0) is 0 Å². The van der Waals surface area contributed by atoms with Crippen molar-refractivity contribution in [3.05, 3.63) is 6.42 Å². The number of hydrogen-bond acceptors (Lipinski definition) is 0. The maximum atomic E-state index is 3.18. The molecule has 89 valence electrons. The molecule has 0 bridgehead atoms. The third-order valence-corrected chi connectivity index (χ3v) is 2.40. The van der Waals surface area contributed by atoms with E-state index in [9.17, 15) is 0 Å². The van der Waals surface area contributed by atoms with Gasteiger partial charge in [0.15, 0.2) is 0 Å². The van der Waals surface area contributed by atoms with E-state index >= 15 is 0 Å².